The van der Waals surface area contributed by atoms with Crippen LogP contribution in [0.2, 0.25) is 0 Å². The zero-order chi connectivity index (χ0) is 38.6. The minimum atomic E-state index is -3.22. The Morgan fingerprint density at radius 2 is 0.672 bits per heavy atom. The fourth-order valence-corrected chi connectivity index (χ4v) is 11.5. The Bertz CT molecular complexity index is 3290. The second-order valence-electron chi connectivity index (χ2n) is 14.9. The van der Waals surface area contributed by atoms with Crippen LogP contribution in [0.5, 0.6) is 0 Å². The van der Waals surface area contributed by atoms with Crippen molar-refractivity contribution >= 4 is 66.7 Å². The number of aromatic nitrogens is 2. The Morgan fingerprint density at radius 1 is 0.276 bits per heavy atom. The number of benzene rings is 9. The fraction of sp³-hybridized carbons (Fsp3) is 0. The summed E-state index contributed by atoms with van der Waals surface area (Å²) in [5, 5.41) is 7.36. The van der Waals surface area contributed by atoms with Gasteiger partial charge < -0.3 is 13.7 Å². The summed E-state index contributed by atoms with van der Waals surface area (Å²) in [7, 11) is -3.22. The Balaban J connectivity index is 0.965. The van der Waals surface area contributed by atoms with Crippen LogP contribution in [-0.4, -0.2) is 9.13 Å². The number of rotatable bonds is 7. The molecule has 0 aliphatic carbocycles. The molecule has 4 heteroatoms. The van der Waals surface area contributed by atoms with Gasteiger partial charge in [0.2, 0.25) is 0 Å². The molecule has 58 heavy (non-hydrogen) atoms. The van der Waals surface area contributed by atoms with Gasteiger partial charge in [-0.25, -0.2) is 0 Å². The molecule has 11 rings (SSSR count). The molecule has 0 aliphatic heterocycles. The fourth-order valence-electron chi connectivity index (χ4n) is 8.84. The van der Waals surface area contributed by atoms with Crippen molar-refractivity contribution in [3.63, 3.8) is 0 Å². The van der Waals surface area contributed by atoms with Crippen LogP contribution in [-0.2, 0) is 4.57 Å². The Hall–Kier alpha value is -7.19. The molecule has 0 amide bonds. The van der Waals surface area contributed by atoms with Gasteiger partial charge in [-0.1, -0.05) is 176 Å². The average molecular weight is 761 g/mol. The summed E-state index contributed by atoms with van der Waals surface area (Å²) in [5.74, 6) is 0. The van der Waals surface area contributed by atoms with Gasteiger partial charge in [0, 0.05) is 48.8 Å². The number of hydrogen-bond donors (Lipinski definition) is 0. The predicted octanol–water partition coefficient (Wildman–Crippen LogP) is 12.9. The number of para-hydroxylation sites is 4. The molecule has 1 atom stereocenters. The van der Waals surface area contributed by atoms with E-state index in [1.807, 2.05) is 30.3 Å². The Labute approximate surface area is 337 Å². The highest BCUT2D eigenvalue weighted by atomic mass is 31.2. The lowest BCUT2D eigenvalue weighted by Crippen LogP contribution is -2.24. The van der Waals surface area contributed by atoms with E-state index in [9.17, 15) is 0 Å². The van der Waals surface area contributed by atoms with E-state index in [2.05, 4.69) is 203 Å². The number of nitrogens with zero attached hydrogens (tertiary/aromatic N) is 2. The second-order valence-corrected chi connectivity index (χ2v) is 17.6. The van der Waals surface area contributed by atoms with Gasteiger partial charge in [0.1, 0.15) is 0 Å². The first-order chi connectivity index (χ1) is 28.6. The molecule has 1 unspecified atom stereocenters. The third kappa shape index (κ3) is 5.47. The van der Waals surface area contributed by atoms with Crippen LogP contribution in [0.1, 0.15) is 0 Å². The van der Waals surface area contributed by atoms with Gasteiger partial charge >= 0.3 is 0 Å². The van der Waals surface area contributed by atoms with Crippen LogP contribution in [0.25, 0.3) is 77.2 Å². The molecule has 0 saturated carbocycles. The molecule has 0 fully saturated rings. The van der Waals surface area contributed by atoms with Crippen LogP contribution >= 0.6 is 7.14 Å². The van der Waals surface area contributed by atoms with Crippen LogP contribution in [0.4, 0.5) is 0 Å². The van der Waals surface area contributed by atoms with Gasteiger partial charge in [0.15, 0.2) is 7.14 Å². The summed E-state index contributed by atoms with van der Waals surface area (Å²) in [5.41, 5.74) is 11.3. The zero-order valence-corrected chi connectivity index (χ0v) is 32.5. The highest BCUT2D eigenvalue weighted by molar-refractivity contribution is 7.85. The standard InChI is InChI=1S/C54H37N2OP/c57-58(44-18-5-2-6-19-44,45-31-26-38(27-32-45)40-14-13-17-43(36-40)56-52-24-11-7-20-47(52)48-21-8-12-25-53(48)56)46-33-28-39(29-34-46)41-30-35-50-49-22-9-10-23-51(49)55(54(50)37-41)42-15-3-1-4-16-42/h1-37H. The molecule has 0 spiro atoms. The molecule has 2 heterocycles. The molecular weight excluding hydrogens is 724 g/mol. The van der Waals surface area contributed by atoms with Gasteiger partial charge in [-0.15, -0.1) is 0 Å². The van der Waals surface area contributed by atoms with Gasteiger partial charge in [-0.2, -0.15) is 0 Å². The van der Waals surface area contributed by atoms with Crippen molar-refractivity contribution in [1.29, 1.82) is 0 Å². The van der Waals surface area contributed by atoms with E-state index < -0.39 is 7.14 Å². The van der Waals surface area contributed by atoms with Crippen molar-refractivity contribution < 1.29 is 4.57 Å². The van der Waals surface area contributed by atoms with Crippen molar-refractivity contribution in [3.05, 3.63) is 224 Å². The molecule has 274 valence electrons. The van der Waals surface area contributed by atoms with E-state index in [1.165, 1.54) is 38.1 Å². The average Bonchev–Trinajstić information content (AvgIpc) is 3.82. The molecule has 3 nitrogen and oxygen atoms in total. The monoisotopic (exact) mass is 760 g/mol. The third-order valence-corrected chi connectivity index (χ3v) is 14.7. The van der Waals surface area contributed by atoms with E-state index in [1.54, 1.807) is 0 Å². The van der Waals surface area contributed by atoms with Crippen molar-refractivity contribution in [2.24, 2.45) is 0 Å². The van der Waals surface area contributed by atoms with E-state index in [0.717, 1.165) is 55.1 Å². The maximum atomic E-state index is 15.6. The first-order valence-corrected chi connectivity index (χ1v) is 21.4. The lowest BCUT2D eigenvalue weighted by molar-refractivity contribution is 0.592. The van der Waals surface area contributed by atoms with Crippen molar-refractivity contribution in [2.45, 2.75) is 0 Å². The highest BCUT2D eigenvalue weighted by Crippen LogP contribution is 2.44. The molecule has 0 N–H and O–H groups in total. The van der Waals surface area contributed by atoms with Crippen LogP contribution in [0, 0.1) is 0 Å². The SMILES string of the molecule is O=P(c1ccccc1)(c1ccc(-c2cccc(-n3c4ccccc4c4ccccc43)c2)cc1)c1ccc(-c2ccc3c4ccccc4n(-c4ccccc4)c3c2)cc1. The Morgan fingerprint density at radius 3 is 1.22 bits per heavy atom. The minimum Gasteiger partial charge on any atom is -0.309 e. The van der Waals surface area contributed by atoms with Gasteiger partial charge in [-0.05, 0) is 70.8 Å². The maximum Gasteiger partial charge on any atom is 0.171 e. The number of hydrogen-bond acceptors (Lipinski definition) is 1. The zero-order valence-electron chi connectivity index (χ0n) is 31.6. The summed E-state index contributed by atoms with van der Waals surface area (Å²) in [6.45, 7) is 0. The molecule has 0 saturated heterocycles. The van der Waals surface area contributed by atoms with E-state index in [0.29, 0.717) is 0 Å². The molecule has 11 aromatic rings. The highest BCUT2D eigenvalue weighted by Gasteiger charge is 2.30. The molecule has 0 aliphatic rings. The largest absolute Gasteiger partial charge is 0.309 e. The van der Waals surface area contributed by atoms with Crippen molar-refractivity contribution in [2.75, 3.05) is 0 Å². The molecule has 0 radical (unpaired) electrons. The van der Waals surface area contributed by atoms with Crippen molar-refractivity contribution in [3.8, 4) is 33.6 Å². The van der Waals surface area contributed by atoms with Crippen LogP contribution in [0.3, 0.4) is 0 Å². The van der Waals surface area contributed by atoms with E-state index in [4.69, 9.17) is 0 Å². The predicted molar refractivity (Wildman–Crippen MR) is 245 cm³/mol. The molecular formula is C54H37N2OP. The molecule has 9 aromatic carbocycles. The minimum absolute atomic E-state index is 0.808. The van der Waals surface area contributed by atoms with Gasteiger partial charge in [0.25, 0.3) is 0 Å². The van der Waals surface area contributed by atoms with Crippen LogP contribution in [0.15, 0.2) is 224 Å². The topological polar surface area (TPSA) is 26.9 Å². The summed E-state index contributed by atoms with van der Waals surface area (Å²) < 4.78 is 20.3. The van der Waals surface area contributed by atoms with Gasteiger partial charge in [-0.3, -0.25) is 0 Å². The maximum absolute atomic E-state index is 15.6. The molecule has 0 bridgehead atoms. The van der Waals surface area contributed by atoms with Crippen molar-refractivity contribution in [1.82, 2.24) is 9.13 Å². The smallest absolute Gasteiger partial charge is 0.171 e. The lowest BCUT2D eigenvalue weighted by Gasteiger charge is -2.21. The number of fused-ring (bicyclic) bond motifs is 6. The Kier molecular flexibility index (Phi) is 8.10. The second kappa shape index (κ2) is 13.8. The summed E-state index contributed by atoms with van der Waals surface area (Å²) in [6, 6.07) is 78.4. The molecule has 2 aromatic heterocycles. The first kappa shape index (κ1) is 34.1. The third-order valence-electron chi connectivity index (χ3n) is 11.6. The van der Waals surface area contributed by atoms with Gasteiger partial charge in [0.05, 0.1) is 22.1 Å². The van der Waals surface area contributed by atoms with Crippen LogP contribution < -0.4 is 15.9 Å². The first-order valence-electron chi connectivity index (χ1n) is 19.7. The normalized spacial score (nSPS) is 12.7. The summed E-state index contributed by atoms with van der Waals surface area (Å²) in [4.78, 5) is 0. The summed E-state index contributed by atoms with van der Waals surface area (Å²) >= 11 is 0. The summed E-state index contributed by atoms with van der Waals surface area (Å²) in [6.07, 6.45) is 0. The quantitative estimate of drug-likeness (QED) is 0.149. The lowest BCUT2D eigenvalue weighted by atomic mass is 10.0. The van der Waals surface area contributed by atoms with E-state index in [-0.39, 0.29) is 0 Å². The van der Waals surface area contributed by atoms with E-state index >= 15 is 4.57 Å².